The Morgan fingerprint density at radius 1 is 1.13 bits per heavy atom. The Bertz CT molecular complexity index is 825. The second kappa shape index (κ2) is 10.7. The van der Waals surface area contributed by atoms with Crippen molar-refractivity contribution in [2.24, 2.45) is 0 Å². The number of carbonyl (C=O) groups excluding carboxylic acids is 1. The number of ether oxygens (including phenoxy) is 2. The molecule has 0 aliphatic carbocycles. The summed E-state index contributed by atoms with van der Waals surface area (Å²) in [5.74, 6) is 0.376. The molecule has 9 heteroatoms. The molecule has 0 saturated carbocycles. The van der Waals surface area contributed by atoms with Crippen molar-refractivity contribution < 1.29 is 27.4 Å². The third kappa shape index (κ3) is 7.55. The van der Waals surface area contributed by atoms with Gasteiger partial charge >= 0.3 is 5.51 Å². The summed E-state index contributed by atoms with van der Waals surface area (Å²) in [4.78, 5) is 14.6. The van der Waals surface area contributed by atoms with Gasteiger partial charge in [0.2, 0.25) is 0 Å². The third-order valence-electron chi connectivity index (χ3n) is 4.48. The van der Waals surface area contributed by atoms with E-state index in [1.54, 1.807) is 0 Å². The fourth-order valence-electron chi connectivity index (χ4n) is 2.95. The van der Waals surface area contributed by atoms with Crippen LogP contribution in [0.15, 0.2) is 53.4 Å². The molecule has 1 amide bonds. The fourth-order valence-corrected chi connectivity index (χ4v) is 3.49. The highest BCUT2D eigenvalue weighted by Gasteiger charge is 2.29. The molecule has 1 heterocycles. The minimum Gasteiger partial charge on any atom is -0.492 e. The zero-order valence-corrected chi connectivity index (χ0v) is 17.1. The van der Waals surface area contributed by atoms with Crippen molar-refractivity contribution in [3.63, 3.8) is 0 Å². The molecular weight excluding hydrogens is 417 g/mol. The number of alkyl halides is 3. The van der Waals surface area contributed by atoms with Crippen molar-refractivity contribution in [2.45, 2.75) is 16.9 Å². The van der Waals surface area contributed by atoms with Gasteiger partial charge in [-0.15, -0.1) is 0 Å². The normalized spacial score (nSPS) is 15.0. The summed E-state index contributed by atoms with van der Waals surface area (Å²) in [6, 6.07) is 12.8. The van der Waals surface area contributed by atoms with Crippen LogP contribution in [0, 0.1) is 0 Å². The van der Waals surface area contributed by atoms with E-state index in [0.717, 1.165) is 44.2 Å². The first-order valence-electron chi connectivity index (χ1n) is 9.55. The quantitative estimate of drug-likeness (QED) is 0.631. The molecule has 0 unspecified atom stereocenters. The molecule has 1 aliphatic rings. The van der Waals surface area contributed by atoms with Crippen LogP contribution in [0.2, 0.25) is 0 Å². The number of benzene rings is 2. The molecule has 2 aromatic rings. The first-order valence-corrected chi connectivity index (χ1v) is 10.4. The van der Waals surface area contributed by atoms with Gasteiger partial charge in [0.15, 0.2) is 0 Å². The minimum atomic E-state index is -4.35. The molecule has 0 radical (unpaired) electrons. The van der Waals surface area contributed by atoms with E-state index in [-0.39, 0.29) is 22.6 Å². The van der Waals surface area contributed by atoms with Gasteiger partial charge in [0.05, 0.1) is 13.2 Å². The lowest BCUT2D eigenvalue weighted by Crippen LogP contribution is -2.38. The summed E-state index contributed by atoms with van der Waals surface area (Å²) in [5.41, 5.74) is -3.17. The number of hydrogen-bond donors (Lipinski definition) is 1. The van der Waals surface area contributed by atoms with Gasteiger partial charge in [-0.05, 0) is 53.7 Å². The van der Waals surface area contributed by atoms with Crippen LogP contribution < -0.4 is 10.1 Å². The van der Waals surface area contributed by atoms with Crippen LogP contribution in [0.5, 0.6) is 5.75 Å². The number of nitrogens with one attached hydrogen (secondary N) is 1. The average Bonchev–Trinajstić information content (AvgIpc) is 2.72. The highest BCUT2D eigenvalue weighted by molar-refractivity contribution is 8.00. The first-order chi connectivity index (χ1) is 14.4. The molecule has 0 bridgehead atoms. The van der Waals surface area contributed by atoms with Gasteiger partial charge in [-0.2, -0.15) is 13.2 Å². The van der Waals surface area contributed by atoms with Gasteiger partial charge < -0.3 is 14.8 Å². The number of halogens is 3. The number of rotatable bonds is 8. The van der Waals surface area contributed by atoms with E-state index in [2.05, 4.69) is 10.2 Å². The molecule has 0 atom stereocenters. The lowest BCUT2D eigenvalue weighted by Gasteiger charge is -2.26. The molecule has 3 rings (SSSR count). The van der Waals surface area contributed by atoms with Crippen LogP contribution in [0.25, 0.3) is 0 Å². The van der Waals surface area contributed by atoms with E-state index in [1.165, 1.54) is 24.3 Å². The van der Waals surface area contributed by atoms with E-state index in [9.17, 15) is 18.0 Å². The second-order valence-corrected chi connectivity index (χ2v) is 7.84. The van der Waals surface area contributed by atoms with Crippen LogP contribution in [0.3, 0.4) is 0 Å². The predicted molar refractivity (Wildman–Crippen MR) is 109 cm³/mol. The first kappa shape index (κ1) is 22.5. The van der Waals surface area contributed by atoms with Crippen molar-refractivity contribution in [1.29, 1.82) is 0 Å². The maximum absolute atomic E-state index is 12.4. The highest BCUT2D eigenvalue weighted by atomic mass is 32.2. The zero-order chi connectivity index (χ0) is 21.4. The molecule has 0 spiro atoms. The lowest BCUT2D eigenvalue weighted by molar-refractivity contribution is -0.0328. The fraction of sp³-hybridized carbons (Fsp3) is 0.381. The van der Waals surface area contributed by atoms with Gasteiger partial charge in [0.25, 0.3) is 5.91 Å². The summed E-state index contributed by atoms with van der Waals surface area (Å²) in [7, 11) is 0. The lowest BCUT2D eigenvalue weighted by atomic mass is 10.2. The Morgan fingerprint density at radius 3 is 2.57 bits per heavy atom. The summed E-state index contributed by atoms with van der Waals surface area (Å²) in [5, 5.41) is 2.77. The summed E-state index contributed by atoms with van der Waals surface area (Å²) in [6.45, 7) is 5.00. The number of thioether (sulfide) groups is 1. The highest BCUT2D eigenvalue weighted by Crippen LogP contribution is 2.36. The Kier molecular flexibility index (Phi) is 8.01. The third-order valence-corrected chi connectivity index (χ3v) is 5.22. The van der Waals surface area contributed by atoms with E-state index < -0.39 is 5.51 Å². The van der Waals surface area contributed by atoms with Crippen molar-refractivity contribution >= 4 is 17.7 Å². The van der Waals surface area contributed by atoms with Gasteiger partial charge in [-0.3, -0.25) is 9.69 Å². The molecule has 1 N–H and O–H groups in total. The number of hydrogen-bond acceptors (Lipinski definition) is 5. The topological polar surface area (TPSA) is 50.8 Å². The van der Waals surface area contributed by atoms with E-state index in [4.69, 9.17) is 9.47 Å². The molecule has 1 fully saturated rings. The minimum absolute atomic E-state index is 0.0426. The van der Waals surface area contributed by atoms with E-state index in [0.29, 0.717) is 18.7 Å². The molecule has 1 aliphatic heterocycles. The maximum Gasteiger partial charge on any atom is 0.446 e. The van der Waals surface area contributed by atoms with Gasteiger partial charge in [-0.25, -0.2) is 0 Å². The van der Waals surface area contributed by atoms with E-state index in [1.807, 2.05) is 24.3 Å². The Hall–Kier alpha value is -2.23. The van der Waals surface area contributed by atoms with Gasteiger partial charge in [-0.1, -0.05) is 12.1 Å². The molecule has 0 aromatic heterocycles. The number of morpholine rings is 1. The molecular formula is C21H23F3N2O3S. The summed E-state index contributed by atoms with van der Waals surface area (Å²) < 4.78 is 48.3. The predicted octanol–water partition coefficient (Wildman–Crippen LogP) is 3.94. The van der Waals surface area contributed by atoms with Crippen molar-refractivity contribution in [1.82, 2.24) is 10.2 Å². The standard InChI is InChI=1S/C21H23F3N2O3S/c22-21(23,24)30-19-6-4-17(5-7-19)20(27)25-15-16-2-1-3-18(14-16)29-13-10-26-8-11-28-12-9-26/h1-7,14H,8-13,15H2,(H,25,27). The Balaban J connectivity index is 1.45. The summed E-state index contributed by atoms with van der Waals surface area (Å²) in [6.07, 6.45) is 0. The zero-order valence-electron chi connectivity index (χ0n) is 16.3. The largest absolute Gasteiger partial charge is 0.492 e. The van der Waals surface area contributed by atoms with Gasteiger partial charge in [0.1, 0.15) is 12.4 Å². The second-order valence-electron chi connectivity index (χ2n) is 6.70. The monoisotopic (exact) mass is 440 g/mol. The molecule has 1 saturated heterocycles. The van der Waals surface area contributed by atoms with Crippen molar-refractivity contribution in [2.75, 3.05) is 39.5 Å². The Labute approximate surface area is 177 Å². The molecule has 2 aromatic carbocycles. The van der Waals surface area contributed by atoms with Crippen molar-refractivity contribution in [3.05, 3.63) is 59.7 Å². The van der Waals surface area contributed by atoms with Gasteiger partial charge in [0, 0.05) is 36.6 Å². The van der Waals surface area contributed by atoms with Crippen LogP contribution in [-0.2, 0) is 11.3 Å². The van der Waals surface area contributed by atoms with Crippen LogP contribution in [-0.4, -0.2) is 55.8 Å². The SMILES string of the molecule is O=C(NCc1cccc(OCCN2CCOCC2)c1)c1ccc(SC(F)(F)F)cc1. The smallest absolute Gasteiger partial charge is 0.446 e. The number of carbonyl (C=O) groups is 1. The maximum atomic E-state index is 12.4. The van der Waals surface area contributed by atoms with E-state index >= 15 is 0 Å². The van der Waals surface area contributed by atoms with Crippen LogP contribution in [0.4, 0.5) is 13.2 Å². The molecule has 162 valence electrons. The number of nitrogens with zero attached hydrogens (tertiary/aromatic N) is 1. The molecule has 30 heavy (non-hydrogen) atoms. The molecule has 5 nitrogen and oxygen atoms in total. The summed E-state index contributed by atoms with van der Waals surface area (Å²) >= 11 is -0.206. The number of amides is 1. The van der Waals surface area contributed by atoms with Crippen molar-refractivity contribution in [3.8, 4) is 5.75 Å². The van der Waals surface area contributed by atoms with Crippen LogP contribution >= 0.6 is 11.8 Å². The van der Waals surface area contributed by atoms with Crippen LogP contribution in [0.1, 0.15) is 15.9 Å². The average molecular weight is 440 g/mol. The Morgan fingerprint density at radius 2 is 1.87 bits per heavy atom.